The third-order valence-corrected chi connectivity index (χ3v) is 4.83. The maximum Gasteiger partial charge on any atom is 0.255 e. The minimum atomic E-state index is -0.842. The van der Waals surface area contributed by atoms with E-state index in [2.05, 4.69) is 24.3 Å². The molecule has 0 saturated heterocycles. The summed E-state index contributed by atoms with van der Waals surface area (Å²) in [5.74, 6) is 0.0730. The Balaban J connectivity index is 1.77. The van der Waals surface area contributed by atoms with E-state index >= 15 is 0 Å². The summed E-state index contributed by atoms with van der Waals surface area (Å²) < 4.78 is 6.19. The first-order valence-corrected chi connectivity index (χ1v) is 9.33. The SMILES string of the molecule is CC1(OCc2ccccc2)C/C=C\CCCN(Cc2ccccc2)C1=O. The summed E-state index contributed by atoms with van der Waals surface area (Å²) in [6.07, 6.45) is 6.83. The van der Waals surface area contributed by atoms with E-state index < -0.39 is 5.60 Å². The summed E-state index contributed by atoms with van der Waals surface area (Å²) in [5, 5.41) is 0. The number of benzene rings is 2. The molecule has 3 rings (SSSR count). The third-order valence-electron chi connectivity index (χ3n) is 4.83. The molecule has 1 unspecified atom stereocenters. The molecular weight excluding hydrogens is 322 g/mol. The number of ether oxygens (including phenoxy) is 1. The lowest BCUT2D eigenvalue weighted by Gasteiger charge is -2.34. The standard InChI is InChI=1S/C23H27NO2/c1-23(26-19-21-14-8-5-9-15-21)16-10-2-3-11-17-24(22(23)25)18-20-12-6-4-7-13-20/h2,4-10,12-15H,3,11,16-19H2,1H3/b10-2-. The predicted molar refractivity (Wildman–Crippen MR) is 104 cm³/mol. The van der Waals surface area contributed by atoms with Gasteiger partial charge in [-0.15, -0.1) is 0 Å². The largest absolute Gasteiger partial charge is 0.360 e. The van der Waals surface area contributed by atoms with Gasteiger partial charge in [-0.05, 0) is 30.9 Å². The van der Waals surface area contributed by atoms with Gasteiger partial charge in [0.05, 0.1) is 6.61 Å². The third kappa shape index (κ3) is 4.83. The van der Waals surface area contributed by atoms with Crippen LogP contribution in [0, 0.1) is 0 Å². The first-order valence-electron chi connectivity index (χ1n) is 9.33. The van der Waals surface area contributed by atoms with Crippen molar-refractivity contribution in [2.24, 2.45) is 0 Å². The van der Waals surface area contributed by atoms with E-state index in [1.807, 2.05) is 60.4 Å². The quantitative estimate of drug-likeness (QED) is 0.730. The Labute approximate surface area is 156 Å². The Morgan fingerprint density at radius 1 is 0.962 bits per heavy atom. The van der Waals surface area contributed by atoms with Gasteiger partial charge >= 0.3 is 0 Å². The van der Waals surface area contributed by atoms with Crippen molar-refractivity contribution in [2.45, 2.75) is 44.9 Å². The van der Waals surface area contributed by atoms with Crippen molar-refractivity contribution in [3.63, 3.8) is 0 Å². The van der Waals surface area contributed by atoms with Crippen LogP contribution in [-0.2, 0) is 22.7 Å². The van der Waals surface area contributed by atoms with Crippen LogP contribution in [0.3, 0.4) is 0 Å². The molecule has 0 N–H and O–H groups in total. The molecule has 1 aliphatic rings. The lowest BCUT2D eigenvalue weighted by atomic mass is 9.99. The number of hydrogen-bond donors (Lipinski definition) is 0. The maximum absolute atomic E-state index is 13.4. The fourth-order valence-corrected chi connectivity index (χ4v) is 3.24. The maximum atomic E-state index is 13.4. The average molecular weight is 349 g/mol. The van der Waals surface area contributed by atoms with Crippen LogP contribution in [-0.4, -0.2) is 23.0 Å². The van der Waals surface area contributed by atoms with Crippen molar-refractivity contribution in [2.75, 3.05) is 6.54 Å². The van der Waals surface area contributed by atoms with Crippen molar-refractivity contribution in [1.29, 1.82) is 0 Å². The molecule has 3 heteroatoms. The van der Waals surface area contributed by atoms with E-state index in [1.54, 1.807) is 0 Å². The zero-order valence-electron chi connectivity index (χ0n) is 15.4. The van der Waals surface area contributed by atoms with Gasteiger partial charge in [-0.1, -0.05) is 72.8 Å². The molecule has 1 heterocycles. The normalized spacial score (nSPS) is 22.3. The van der Waals surface area contributed by atoms with Crippen molar-refractivity contribution >= 4 is 5.91 Å². The highest BCUT2D eigenvalue weighted by atomic mass is 16.5. The number of allylic oxidation sites excluding steroid dienone is 1. The monoisotopic (exact) mass is 349 g/mol. The molecule has 0 radical (unpaired) electrons. The van der Waals surface area contributed by atoms with Crippen LogP contribution in [0.5, 0.6) is 0 Å². The first-order chi connectivity index (χ1) is 12.7. The van der Waals surface area contributed by atoms with E-state index in [0.717, 1.165) is 30.5 Å². The molecule has 0 spiro atoms. The topological polar surface area (TPSA) is 29.5 Å². The van der Waals surface area contributed by atoms with Crippen LogP contribution in [0.25, 0.3) is 0 Å². The van der Waals surface area contributed by atoms with Gasteiger partial charge in [0.15, 0.2) is 0 Å². The second-order valence-electron chi connectivity index (χ2n) is 7.04. The van der Waals surface area contributed by atoms with Gasteiger partial charge < -0.3 is 9.64 Å². The molecule has 0 aliphatic carbocycles. The molecule has 0 saturated carbocycles. The van der Waals surface area contributed by atoms with Gasteiger partial charge in [0.1, 0.15) is 5.60 Å². The zero-order chi connectivity index (χ0) is 18.2. The Morgan fingerprint density at radius 2 is 1.62 bits per heavy atom. The second kappa shape index (κ2) is 8.81. The second-order valence-corrected chi connectivity index (χ2v) is 7.04. The molecular formula is C23H27NO2. The van der Waals surface area contributed by atoms with Crippen molar-refractivity contribution in [1.82, 2.24) is 4.90 Å². The van der Waals surface area contributed by atoms with Crippen LogP contribution < -0.4 is 0 Å². The summed E-state index contributed by atoms with van der Waals surface area (Å²) in [7, 11) is 0. The molecule has 0 bridgehead atoms. The van der Waals surface area contributed by atoms with Gasteiger partial charge in [0.25, 0.3) is 5.91 Å². The van der Waals surface area contributed by atoms with E-state index in [-0.39, 0.29) is 5.91 Å². The van der Waals surface area contributed by atoms with Crippen molar-refractivity contribution in [3.05, 3.63) is 83.9 Å². The summed E-state index contributed by atoms with van der Waals surface area (Å²) in [6.45, 7) is 3.74. The zero-order valence-corrected chi connectivity index (χ0v) is 15.4. The smallest absolute Gasteiger partial charge is 0.255 e. The summed E-state index contributed by atoms with van der Waals surface area (Å²) >= 11 is 0. The van der Waals surface area contributed by atoms with Crippen molar-refractivity contribution in [3.8, 4) is 0 Å². The fraction of sp³-hybridized carbons (Fsp3) is 0.348. The number of hydrogen-bond acceptors (Lipinski definition) is 2. The number of amides is 1. The first kappa shape index (κ1) is 18.4. The number of carbonyl (C=O) groups excluding carboxylic acids is 1. The molecule has 1 amide bonds. The highest BCUT2D eigenvalue weighted by Gasteiger charge is 2.37. The predicted octanol–water partition coefficient (Wildman–Crippen LogP) is 4.73. The summed E-state index contributed by atoms with van der Waals surface area (Å²) in [6, 6.07) is 20.2. The van der Waals surface area contributed by atoms with E-state index in [1.165, 1.54) is 0 Å². The fourth-order valence-electron chi connectivity index (χ4n) is 3.24. The van der Waals surface area contributed by atoms with Crippen LogP contribution in [0.15, 0.2) is 72.8 Å². The van der Waals surface area contributed by atoms with Crippen LogP contribution in [0.2, 0.25) is 0 Å². The lowest BCUT2D eigenvalue weighted by molar-refractivity contribution is -0.158. The molecule has 136 valence electrons. The van der Waals surface area contributed by atoms with Crippen LogP contribution in [0.4, 0.5) is 0 Å². The molecule has 0 fully saturated rings. The Morgan fingerprint density at radius 3 is 2.31 bits per heavy atom. The van der Waals surface area contributed by atoms with Crippen LogP contribution >= 0.6 is 0 Å². The van der Waals surface area contributed by atoms with Gasteiger partial charge in [0.2, 0.25) is 0 Å². The van der Waals surface area contributed by atoms with E-state index in [9.17, 15) is 4.79 Å². The average Bonchev–Trinajstić information content (AvgIpc) is 2.74. The van der Waals surface area contributed by atoms with Gasteiger partial charge in [-0.3, -0.25) is 4.79 Å². The summed E-state index contributed by atoms with van der Waals surface area (Å²) in [4.78, 5) is 15.3. The van der Waals surface area contributed by atoms with E-state index in [0.29, 0.717) is 19.6 Å². The van der Waals surface area contributed by atoms with Gasteiger partial charge in [-0.2, -0.15) is 0 Å². The molecule has 1 atom stereocenters. The number of rotatable bonds is 5. The van der Waals surface area contributed by atoms with Gasteiger partial charge in [0, 0.05) is 19.5 Å². The Kier molecular flexibility index (Phi) is 6.24. The lowest BCUT2D eigenvalue weighted by Crippen LogP contribution is -2.48. The highest BCUT2D eigenvalue weighted by Crippen LogP contribution is 2.25. The minimum absolute atomic E-state index is 0.0730. The molecule has 0 aromatic heterocycles. The van der Waals surface area contributed by atoms with Crippen LogP contribution in [0.1, 0.15) is 37.3 Å². The molecule has 26 heavy (non-hydrogen) atoms. The number of carbonyl (C=O) groups is 1. The Bertz CT molecular complexity index is 726. The highest BCUT2D eigenvalue weighted by molar-refractivity contribution is 5.85. The minimum Gasteiger partial charge on any atom is -0.360 e. The summed E-state index contributed by atoms with van der Waals surface area (Å²) in [5.41, 5.74) is 1.39. The molecule has 1 aliphatic heterocycles. The molecule has 2 aromatic rings. The van der Waals surface area contributed by atoms with E-state index in [4.69, 9.17) is 4.74 Å². The number of nitrogens with zero attached hydrogens (tertiary/aromatic N) is 1. The molecule has 3 nitrogen and oxygen atoms in total. The van der Waals surface area contributed by atoms with Gasteiger partial charge in [-0.25, -0.2) is 0 Å². The molecule has 2 aromatic carbocycles. The van der Waals surface area contributed by atoms with Crippen molar-refractivity contribution < 1.29 is 9.53 Å². The Hall–Kier alpha value is -2.39.